The molecule has 0 fully saturated rings. The molecule has 0 spiro atoms. The fourth-order valence-corrected chi connectivity index (χ4v) is 4.14. The smallest absolute Gasteiger partial charge is 0.162 e. The van der Waals surface area contributed by atoms with Crippen molar-refractivity contribution in [3.63, 3.8) is 0 Å². The molecule has 1 N–H and O–H groups in total. The van der Waals surface area contributed by atoms with Crippen molar-refractivity contribution < 1.29 is 30.0 Å². The first-order valence-corrected chi connectivity index (χ1v) is 13.6. The van der Waals surface area contributed by atoms with Crippen LogP contribution in [0.5, 0.6) is 0 Å². The van der Waals surface area contributed by atoms with E-state index < -0.39 is 0 Å². The fraction of sp³-hybridized carbons (Fsp3) is 0.471. The average molecular weight is 693 g/mol. The summed E-state index contributed by atoms with van der Waals surface area (Å²) in [5, 5.41) is 12.2. The molecule has 209 valence electrons. The number of hydrogen-bond donors (Lipinski definition) is 1. The predicted molar refractivity (Wildman–Crippen MR) is 158 cm³/mol. The van der Waals surface area contributed by atoms with Crippen LogP contribution in [0.4, 0.5) is 0 Å². The molecule has 2 unspecified atom stereocenters. The van der Waals surface area contributed by atoms with Crippen LogP contribution in [-0.2, 0) is 31.3 Å². The van der Waals surface area contributed by atoms with Crippen LogP contribution < -0.4 is 0 Å². The van der Waals surface area contributed by atoms with Gasteiger partial charge in [0.25, 0.3) is 0 Å². The molecule has 0 bridgehead atoms. The van der Waals surface area contributed by atoms with Gasteiger partial charge in [-0.3, -0.25) is 4.79 Å². The van der Waals surface area contributed by atoms with Crippen LogP contribution >= 0.6 is 0 Å². The standard InChI is InChI=1S/C21H22N.C13H24O2.Ir/c1-14(2)9-17-5-6-20-18(13-17)7-8-22-21(20)19-11-15(3)10-16(4)12-19;1-8(2)10(5)12(14)7-13(15)11(6)9(3)4;/h5-8,10-11,13-14H,9H2,1-4H3;7-11,14H,1-6H3;/q-1;;/b;12-7-;. The minimum atomic E-state index is -0.0217. The van der Waals surface area contributed by atoms with Crippen LogP contribution in [0.15, 0.2) is 54.4 Å². The molecule has 1 aromatic heterocycles. The maximum absolute atomic E-state index is 11.7. The van der Waals surface area contributed by atoms with Crippen LogP contribution in [-0.4, -0.2) is 15.9 Å². The Balaban J connectivity index is 0.000000401. The van der Waals surface area contributed by atoms with E-state index in [1.165, 1.54) is 28.0 Å². The van der Waals surface area contributed by atoms with Crippen molar-refractivity contribution in [3.05, 3.63) is 77.2 Å². The van der Waals surface area contributed by atoms with E-state index in [-0.39, 0.29) is 43.5 Å². The third-order valence-electron chi connectivity index (χ3n) is 7.08. The number of carbonyl (C=O) groups excluding carboxylic acids is 1. The molecule has 0 aliphatic carbocycles. The van der Waals surface area contributed by atoms with Gasteiger partial charge in [-0.15, -0.1) is 34.9 Å². The van der Waals surface area contributed by atoms with Crippen molar-refractivity contribution in [3.8, 4) is 11.3 Å². The van der Waals surface area contributed by atoms with Gasteiger partial charge < -0.3 is 10.1 Å². The van der Waals surface area contributed by atoms with Gasteiger partial charge in [0.1, 0.15) is 0 Å². The molecule has 0 saturated heterocycles. The Bertz CT molecular complexity index is 1210. The van der Waals surface area contributed by atoms with Crippen molar-refractivity contribution in [2.24, 2.45) is 29.6 Å². The number of hydrogen-bond acceptors (Lipinski definition) is 3. The summed E-state index contributed by atoms with van der Waals surface area (Å²) in [6.45, 7) is 20.6. The number of allylic oxidation sites excluding steroid dienone is 2. The third-order valence-corrected chi connectivity index (χ3v) is 7.08. The fourth-order valence-electron chi connectivity index (χ4n) is 4.14. The normalized spacial score (nSPS) is 13.2. The summed E-state index contributed by atoms with van der Waals surface area (Å²) >= 11 is 0. The molecule has 3 rings (SSSR count). The molecule has 0 amide bonds. The largest absolute Gasteiger partial charge is 0.512 e. The molecule has 0 aliphatic heterocycles. The van der Waals surface area contributed by atoms with Crippen molar-refractivity contribution in [1.82, 2.24) is 4.98 Å². The summed E-state index contributed by atoms with van der Waals surface area (Å²) in [6, 6.07) is 16.6. The molecule has 3 nitrogen and oxygen atoms in total. The molecule has 0 saturated carbocycles. The monoisotopic (exact) mass is 693 g/mol. The maximum Gasteiger partial charge on any atom is 0.162 e. The van der Waals surface area contributed by atoms with Gasteiger partial charge in [0, 0.05) is 44.2 Å². The SMILES string of the molecule is CC(C)C(C)C(=O)/C=C(\O)C(C)C(C)C.Cc1[c-]c(-c2nccc3cc(CC(C)C)ccc23)cc(C)c1.[Ir]. The van der Waals surface area contributed by atoms with Gasteiger partial charge >= 0.3 is 0 Å². The molecule has 2 aromatic carbocycles. The quantitative estimate of drug-likeness (QED) is 0.146. The molecule has 38 heavy (non-hydrogen) atoms. The summed E-state index contributed by atoms with van der Waals surface area (Å²) in [5.74, 6) is 1.60. The first-order chi connectivity index (χ1) is 17.3. The van der Waals surface area contributed by atoms with E-state index in [2.05, 4.69) is 75.1 Å². The predicted octanol–water partition coefficient (Wildman–Crippen LogP) is 9.10. The zero-order chi connectivity index (χ0) is 27.9. The minimum Gasteiger partial charge on any atom is -0.512 e. The van der Waals surface area contributed by atoms with E-state index in [0.717, 1.165) is 23.2 Å². The van der Waals surface area contributed by atoms with Crippen LogP contribution in [0, 0.1) is 49.5 Å². The van der Waals surface area contributed by atoms with Gasteiger partial charge in [-0.2, -0.15) is 0 Å². The first kappa shape index (κ1) is 33.7. The zero-order valence-electron chi connectivity index (χ0n) is 24.8. The number of aromatic nitrogens is 1. The molecule has 1 heterocycles. The summed E-state index contributed by atoms with van der Waals surface area (Å²) in [4.78, 5) is 16.3. The van der Waals surface area contributed by atoms with E-state index in [1.54, 1.807) is 0 Å². The van der Waals surface area contributed by atoms with Crippen molar-refractivity contribution in [2.45, 2.75) is 75.7 Å². The number of nitrogens with zero attached hydrogens (tertiary/aromatic N) is 1. The van der Waals surface area contributed by atoms with Crippen LogP contribution in [0.2, 0.25) is 0 Å². The Kier molecular flexibility index (Phi) is 13.6. The number of fused-ring (bicyclic) bond motifs is 1. The minimum absolute atomic E-state index is 0. The van der Waals surface area contributed by atoms with E-state index in [1.807, 2.05) is 47.7 Å². The van der Waals surface area contributed by atoms with Crippen molar-refractivity contribution in [2.75, 3.05) is 0 Å². The van der Waals surface area contributed by atoms with Crippen molar-refractivity contribution >= 4 is 16.6 Å². The summed E-state index contributed by atoms with van der Waals surface area (Å²) in [7, 11) is 0. The number of aliphatic hydroxyl groups is 1. The summed E-state index contributed by atoms with van der Waals surface area (Å²) in [5.41, 5.74) is 5.91. The topological polar surface area (TPSA) is 50.2 Å². The number of carbonyl (C=O) groups is 1. The van der Waals surface area contributed by atoms with Gasteiger partial charge in [-0.05, 0) is 52.3 Å². The van der Waals surface area contributed by atoms with Gasteiger partial charge in [0.05, 0.1) is 5.76 Å². The molecule has 0 aliphatic rings. The van der Waals surface area contributed by atoms with Gasteiger partial charge in [-0.25, -0.2) is 0 Å². The first-order valence-electron chi connectivity index (χ1n) is 13.6. The van der Waals surface area contributed by atoms with Gasteiger partial charge in [0.15, 0.2) is 5.78 Å². The molecule has 3 aromatic rings. The maximum atomic E-state index is 11.7. The van der Waals surface area contributed by atoms with Crippen molar-refractivity contribution in [1.29, 1.82) is 0 Å². The second-order valence-electron chi connectivity index (χ2n) is 11.6. The van der Waals surface area contributed by atoms with Crippen LogP contribution in [0.1, 0.15) is 72.1 Å². The number of rotatable bonds is 8. The Morgan fingerprint density at radius 1 is 0.921 bits per heavy atom. The Morgan fingerprint density at radius 3 is 2.11 bits per heavy atom. The molecular formula is C34H46IrNO2-. The summed E-state index contributed by atoms with van der Waals surface area (Å²) < 4.78 is 0. The van der Waals surface area contributed by atoms with Crippen LogP contribution in [0.25, 0.3) is 22.0 Å². The van der Waals surface area contributed by atoms with Crippen LogP contribution in [0.3, 0.4) is 0 Å². The Hall–Kier alpha value is -2.29. The number of aliphatic hydroxyl groups excluding tert-OH is 1. The number of ketones is 1. The Morgan fingerprint density at radius 2 is 1.55 bits per heavy atom. The molecular weight excluding hydrogens is 647 g/mol. The van der Waals surface area contributed by atoms with E-state index in [9.17, 15) is 9.90 Å². The summed E-state index contributed by atoms with van der Waals surface area (Å²) in [6.07, 6.45) is 4.42. The number of pyridine rings is 1. The van der Waals surface area contributed by atoms with E-state index >= 15 is 0 Å². The second kappa shape index (κ2) is 15.3. The number of aryl methyl sites for hydroxylation is 2. The zero-order valence-corrected chi connectivity index (χ0v) is 27.2. The van der Waals surface area contributed by atoms with Gasteiger partial charge in [0.2, 0.25) is 0 Å². The van der Waals surface area contributed by atoms with E-state index in [0.29, 0.717) is 17.8 Å². The number of benzene rings is 2. The van der Waals surface area contributed by atoms with Gasteiger partial charge in [-0.1, -0.05) is 87.4 Å². The second-order valence-corrected chi connectivity index (χ2v) is 11.6. The third kappa shape index (κ3) is 9.79. The Labute approximate surface area is 244 Å². The molecule has 4 heteroatoms. The average Bonchev–Trinajstić information content (AvgIpc) is 2.81. The van der Waals surface area contributed by atoms with E-state index in [4.69, 9.17) is 0 Å². The molecule has 1 radical (unpaired) electrons. The molecule has 2 atom stereocenters.